The van der Waals surface area contributed by atoms with E-state index in [2.05, 4.69) is 29.8 Å². The first-order valence-electron chi connectivity index (χ1n) is 7.02. The van der Waals surface area contributed by atoms with Crippen molar-refractivity contribution in [3.63, 3.8) is 0 Å². The molecule has 4 nitrogen and oxygen atoms in total. The average molecular weight is 241 g/mol. The van der Waals surface area contributed by atoms with Crippen LogP contribution in [-0.2, 0) is 4.79 Å². The molecule has 1 saturated heterocycles. The Morgan fingerprint density at radius 3 is 2.71 bits per heavy atom. The second kappa shape index (κ2) is 8.48. The molecule has 0 radical (unpaired) electrons. The molecule has 0 spiro atoms. The van der Waals surface area contributed by atoms with Crippen molar-refractivity contribution in [1.29, 1.82) is 0 Å². The van der Waals surface area contributed by atoms with Crippen LogP contribution < -0.4 is 16.0 Å². The molecule has 0 aromatic heterocycles. The summed E-state index contributed by atoms with van der Waals surface area (Å²) < 4.78 is 0. The summed E-state index contributed by atoms with van der Waals surface area (Å²) >= 11 is 0. The number of nitrogens with one attached hydrogen (secondary N) is 3. The number of piperazine rings is 1. The summed E-state index contributed by atoms with van der Waals surface area (Å²) in [7, 11) is 0. The molecule has 100 valence electrons. The molecule has 1 fully saturated rings. The predicted molar refractivity (Wildman–Crippen MR) is 71.0 cm³/mol. The topological polar surface area (TPSA) is 53.2 Å². The van der Waals surface area contributed by atoms with Crippen LogP contribution in [0.1, 0.15) is 46.0 Å². The Morgan fingerprint density at radius 2 is 2.12 bits per heavy atom. The predicted octanol–water partition coefficient (Wildman–Crippen LogP) is 1.02. The number of rotatable bonds is 7. The summed E-state index contributed by atoms with van der Waals surface area (Å²) in [4.78, 5) is 12.0. The Morgan fingerprint density at radius 1 is 1.29 bits per heavy atom. The fourth-order valence-corrected chi connectivity index (χ4v) is 2.23. The zero-order chi connectivity index (χ0) is 12.5. The van der Waals surface area contributed by atoms with E-state index in [-0.39, 0.29) is 11.9 Å². The van der Waals surface area contributed by atoms with Crippen LogP contribution in [0.2, 0.25) is 0 Å². The minimum Gasteiger partial charge on any atom is -0.352 e. The van der Waals surface area contributed by atoms with E-state index in [1.165, 1.54) is 12.8 Å². The number of unbranched alkanes of at least 4 members (excludes halogenated alkanes) is 1. The highest BCUT2D eigenvalue weighted by molar-refractivity contribution is 5.82. The lowest BCUT2D eigenvalue weighted by atomic mass is 10.0. The van der Waals surface area contributed by atoms with Gasteiger partial charge >= 0.3 is 0 Å². The van der Waals surface area contributed by atoms with Gasteiger partial charge in [0.05, 0.1) is 6.04 Å². The Labute approximate surface area is 105 Å². The van der Waals surface area contributed by atoms with Crippen LogP contribution in [0.15, 0.2) is 0 Å². The molecule has 2 unspecified atom stereocenters. The molecule has 0 bridgehead atoms. The van der Waals surface area contributed by atoms with Crippen molar-refractivity contribution in [2.45, 2.75) is 58.0 Å². The highest BCUT2D eigenvalue weighted by Crippen LogP contribution is 2.07. The highest BCUT2D eigenvalue weighted by atomic mass is 16.2. The van der Waals surface area contributed by atoms with Gasteiger partial charge in [0.2, 0.25) is 5.91 Å². The van der Waals surface area contributed by atoms with Crippen molar-refractivity contribution < 1.29 is 4.79 Å². The fourth-order valence-electron chi connectivity index (χ4n) is 2.23. The van der Waals surface area contributed by atoms with Crippen molar-refractivity contribution in [1.82, 2.24) is 16.0 Å². The van der Waals surface area contributed by atoms with Crippen LogP contribution in [0.25, 0.3) is 0 Å². The Bertz CT molecular complexity index is 215. The van der Waals surface area contributed by atoms with Gasteiger partial charge in [-0.3, -0.25) is 4.79 Å². The second-order valence-electron chi connectivity index (χ2n) is 4.85. The quantitative estimate of drug-likeness (QED) is 0.624. The van der Waals surface area contributed by atoms with Crippen molar-refractivity contribution >= 4 is 5.91 Å². The zero-order valence-corrected chi connectivity index (χ0v) is 11.2. The summed E-state index contributed by atoms with van der Waals surface area (Å²) in [6.45, 7) is 6.95. The Kier molecular flexibility index (Phi) is 7.21. The van der Waals surface area contributed by atoms with Gasteiger partial charge in [0.15, 0.2) is 0 Å². The number of carbonyl (C=O) groups is 1. The molecule has 4 heteroatoms. The van der Waals surface area contributed by atoms with Gasteiger partial charge in [0.25, 0.3) is 0 Å². The third-order valence-electron chi connectivity index (χ3n) is 3.25. The van der Waals surface area contributed by atoms with Gasteiger partial charge in [0.1, 0.15) is 0 Å². The number of amides is 1. The Hall–Kier alpha value is -0.610. The van der Waals surface area contributed by atoms with Crippen LogP contribution >= 0.6 is 0 Å². The third-order valence-corrected chi connectivity index (χ3v) is 3.25. The lowest BCUT2D eigenvalue weighted by molar-refractivity contribution is -0.124. The maximum atomic E-state index is 12.0. The number of hydrogen-bond acceptors (Lipinski definition) is 3. The smallest absolute Gasteiger partial charge is 0.238 e. The van der Waals surface area contributed by atoms with Crippen LogP contribution in [0.4, 0.5) is 0 Å². The summed E-state index contributed by atoms with van der Waals surface area (Å²) in [5.74, 6) is 0.159. The molecule has 1 aliphatic heterocycles. The molecular weight excluding hydrogens is 214 g/mol. The summed E-state index contributed by atoms with van der Waals surface area (Å²) in [6.07, 6.45) is 5.72. The van der Waals surface area contributed by atoms with Crippen LogP contribution in [0.3, 0.4) is 0 Å². The highest BCUT2D eigenvalue weighted by Gasteiger charge is 2.22. The average Bonchev–Trinajstić information content (AvgIpc) is 2.37. The molecule has 1 rings (SSSR count). The molecule has 1 amide bonds. The summed E-state index contributed by atoms with van der Waals surface area (Å²) in [5.41, 5.74) is 0. The van der Waals surface area contributed by atoms with E-state index in [0.29, 0.717) is 6.04 Å². The van der Waals surface area contributed by atoms with Crippen molar-refractivity contribution in [3.8, 4) is 0 Å². The molecule has 17 heavy (non-hydrogen) atoms. The molecule has 1 heterocycles. The van der Waals surface area contributed by atoms with E-state index in [1.54, 1.807) is 0 Å². The minimum atomic E-state index is -0.0512. The lowest BCUT2D eigenvalue weighted by Gasteiger charge is -2.26. The van der Waals surface area contributed by atoms with Crippen molar-refractivity contribution in [2.75, 3.05) is 19.6 Å². The molecule has 2 atom stereocenters. The molecule has 0 saturated carbocycles. The maximum Gasteiger partial charge on any atom is 0.238 e. The molecular formula is C13H27N3O. The first-order chi connectivity index (χ1) is 8.27. The largest absolute Gasteiger partial charge is 0.352 e. The van der Waals surface area contributed by atoms with Crippen LogP contribution in [0.5, 0.6) is 0 Å². The maximum absolute atomic E-state index is 12.0. The van der Waals surface area contributed by atoms with Gasteiger partial charge in [-0.1, -0.05) is 33.1 Å². The normalized spacial score (nSPS) is 22.1. The molecule has 0 aliphatic carbocycles. The van der Waals surface area contributed by atoms with E-state index in [4.69, 9.17) is 0 Å². The molecule has 0 aromatic carbocycles. The lowest BCUT2D eigenvalue weighted by Crippen LogP contribution is -2.57. The number of carbonyl (C=O) groups excluding carboxylic acids is 1. The van der Waals surface area contributed by atoms with E-state index < -0.39 is 0 Å². The van der Waals surface area contributed by atoms with Gasteiger partial charge in [0, 0.05) is 25.7 Å². The van der Waals surface area contributed by atoms with Gasteiger partial charge in [-0.2, -0.15) is 0 Å². The summed E-state index contributed by atoms with van der Waals surface area (Å²) in [6, 6.07) is 0.306. The minimum absolute atomic E-state index is 0.0512. The van der Waals surface area contributed by atoms with Gasteiger partial charge in [-0.15, -0.1) is 0 Å². The van der Waals surface area contributed by atoms with E-state index in [1.807, 2.05) is 0 Å². The SMILES string of the molecule is CCCCC(CCC)NC(=O)C1CNCCN1. The second-order valence-corrected chi connectivity index (χ2v) is 4.85. The van der Waals surface area contributed by atoms with Crippen LogP contribution in [-0.4, -0.2) is 37.6 Å². The standard InChI is InChI=1S/C13H27N3O/c1-3-5-7-11(6-4-2)16-13(17)12-10-14-8-9-15-12/h11-12,14-15H,3-10H2,1-2H3,(H,16,17). The van der Waals surface area contributed by atoms with Gasteiger partial charge in [-0.25, -0.2) is 0 Å². The first-order valence-corrected chi connectivity index (χ1v) is 7.02. The van der Waals surface area contributed by atoms with Gasteiger partial charge in [-0.05, 0) is 12.8 Å². The van der Waals surface area contributed by atoms with Crippen molar-refractivity contribution in [3.05, 3.63) is 0 Å². The molecule has 1 aliphatic rings. The van der Waals surface area contributed by atoms with Crippen molar-refractivity contribution in [2.24, 2.45) is 0 Å². The zero-order valence-electron chi connectivity index (χ0n) is 11.2. The first kappa shape index (κ1) is 14.5. The Balaban J connectivity index is 2.33. The molecule has 3 N–H and O–H groups in total. The molecule has 0 aromatic rings. The fraction of sp³-hybridized carbons (Fsp3) is 0.923. The number of hydrogen-bond donors (Lipinski definition) is 3. The van der Waals surface area contributed by atoms with E-state index >= 15 is 0 Å². The van der Waals surface area contributed by atoms with Gasteiger partial charge < -0.3 is 16.0 Å². The van der Waals surface area contributed by atoms with Crippen LogP contribution in [0, 0.1) is 0 Å². The van der Waals surface area contributed by atoms with E-state index in [9.17, 15) is 4.79 Å². The third kappa shape index (κ3) is 5.50. The van der Waals surface area contributed by atoms with E-state index in [0.717, 1.165) is 38.9 Å². The monoisotopic (exact) mass is 241 g/mol. The summed E-state index contributed by atoms with van der Waals surface area (Å²) in [5, 5.41) is 9.67.